The molecule has 0 radical (unpaired) electrons. The van der Waals surface area contributed by atoms with Crippen molar-refractivity contribution in [1.82, 2.24) is 5.32 Å². The molecule has 1 heterocycles. The molecule has 1 aliphatic heterocycles. The summed E-state index contributed by atoms with van der Waals surface area (Å²) in [6.45, 7) is 6.47. The fourth-order valence-corrected chi connectivity index (χ4v) is 2.87. The average Bonchev–Trinajstić information content (AvgIpc) is 2.63. The van der Waals surface area contributed by atoms with Gasteiger partial charge in [-0.05, 0) is 59.9 Å². The van der Waals surface area contributed by atoms with Crippen LogP contribution >= 0.6 is 15.9 Å². The quantitative estimate of drug-likeness (QED) is 0.862. The number of hydrogen-bond donors (Lipinski definition) is 2. The van der Waals surface area contributed by atoms with Crippen LogP contribution in [0.25, 0.3) is 0 Å². The average molecular weight is 269 g/mol. The van der Waals surface area contributed by atoms with E-state index in [9.17, 15) is 0 Å². The number of benzene rings is 1. The molecule has 15 heavy (non-hydrogen) atoms. The van der Waals surface area contributed by atoms with Crippen LogP contribution in [0.15, 0.2) is 16.6 Å². The molecule has 0 aromatic heterocycles. The fourth-order valence-electron chi connectivity index (χ4n) is 2.08. The van der Waals surface area contributed by atoms with E-state index in [0.29, 0.717) is 6.04 Å². The highest BCUT2D eigenvalue weighted by atomic mass is 79.9. The van der Waals surface area contributed by atoms with Gasteiger partial charge in [-0.1, -0.05) is 6.07 Å². The van der Waals surface area contributed by atoms with Gasteiger partial charge < -0.3 is 10.6 Å². The van der Waals surface area contributed by atoms with Crippen molar-refractivity contribution in [3.63, 3.8) is 0 Å². The van der Waals surface area contributed by atoms with Crippen molar-refractivity contribution in [2.24, 2.45) is 0 Å². The molecule has 1 aromatic carbocycles. The summed E-state index contributed by atoms with van der Waals surface area (Å²) in [5.41, 5.74) is 3.86. The maximum absolute atomic E-state index is 3.62. The summed E-state index contributed by atoms with van der Waals surface area (Å²) in [6, 6.07) is 4.95. The van der Waals surface area contributed by atoms with Gasteiger partial charge in [-0.25, -0.2) is 0 Å². The van der Waals surface area contributed by atoms with Crippen molar-refractivity contribution >= 4 is 21.6 Å². The third-order valence-electron chi connectivity index (χ3n) is 2.84. The van der Waals surface area contributed by atoms with Gasteiger partial charge in [0, 0.05) is 17.1 Å². The van der Waals surface area contributed by atoms with E-state index in [1.165, 1.54) is 27.7 Å². The Morgan fingerprint density at radius 1 is 1.40 bits per heavy atom. The Morgan fingerprint density at radius 3 is 2.80 bits per heavy atom. The number of aryl methyl sites for hydroxylation is 2. The Hall–Kier alpha value is -0.540. The highest BCUT2D eigenvalue weighted by molar-refractivity contribution is 9.10. The van der Waals surface area contributed by atoms with Crippen LogP contribution < -0.4 is 10.6 Å². The second kappa shape index (κ2) is 4.54. The van der Waals surface area contributed by atoms with Gasteiger partial charge in [0.15, 0.2) is 0 Å². The van der Waals surface area contributed by atoms with Crippen molar-refractivity contribution in [1.29, 1.82) is 0 Å². The van der Waals surface area contributed by atoms with Gasteiger partial charge in [0.1, 0.15) is 0 Å². The standard InChI is InChI=1S/C12H17BrN2/c1-8-5-9(2)12(11(13)6-8)15-10-3-4-14-7-10/h5-6,10,14-15H,3-4,7H2,1-2H3. The topological polar surface area (TPSA) is 24.1 Å². The van der Waals surface area contributed by atoms with Crippen molar-refractivity contribution < 1.29 is 0 Å². The molecular weight excluding hydrogens is 252 g/mol. The lowest BCUT2D eigenvalue weighted by Gasteiger charge is -2.17. The van der Waals surface area contributed by atoms with Gasteiger partial charge in [0.2, 0.25) is 0 Å². The molecule has 1 aromatic rings. The molecule has 0 spiro atoms. The smallest absolute Gasteiger partial charge is 0.0517 e. The van der Waals surface area contributed by atoms with Crippen LogP contribution in [0.5, 0.6) is 0 Å². The molecule has 2 N–H and O–H groups in total. The van der Waals surface area contributed by atoms with Gasteiger partial charge in [-0.3, -0.25) is 0 Å². The number of nitrogens with one attached hydrogen (secondary N) is 2. The number of halogens is 1. The maximum Gasteiger partial charge on any atom is 0.0517 e. The van der Waals surface area contributed by atoms with Crippen molar-refractivity contribution in [2.75, 3.05) is 18.4 Å². The SMILES string of the molecule is Cc1cc(C)c(NC2CCNC2)c(Br)c1. The number of anilines is 1. The summed E-state index contributed by atoms with van der Waals surface area (Å²) in [4.78, 5) is 0. The van der Waals surface area contributed by atoms with E-state index in [2.05, 4.69) is 52.5 Å². The van der Waals surface area contributed by atoms with E-state index in [4.69, 9.17) is 0 Å². The molecule has 1 fully saturated rings. The Balaban J connectivity index is 2.19. The zero-order valence-electron chi connectivity index (χ0n) is 9.23. The van der Waals surface area contributed by atoms with Gasteiger partial charge >= 0.3 is 0 Å². The minimum absolute atomic E-state index is 0.572. The lowest BCUT2D eigenvalue weighted by atomic mass is 10.1. The molecule has 0 amide bonds. The van der Waals surface area contributed by atoms with Gasteiger partial charge in [0.05, 0.1) is 5.69 Å². The first-order valence-electron chi connectivity index (χ1n) is 5.41. The summed E-state index contributed by atoms with van der Waals surface area (Å²) in [5.74, 6) is 0. The van der Waals surface area contributed by atoms with Crippen molar-refractivity contribution in [2.45, 2.75) is 26.3 Å². The van der Waals surface area contributed by atoms with E-state index in [1.54, 1.807) is 0 Å². The Bertz CT molecular complexity index is 334. The molecule has 3 heteroatoms. The van der Waals surface area contributed by atoms with Crippen LogP contribution in [0.4, 0.5) is 5.69 Å². The molecule has 1 atom stereocenters. The number of rotatable bonds is 2. The first kappa shape index (κ1) is 11.0. The third kappa shape index (κ3) is 2.52. The van der Waals surface area contributed by atoms with E-state index in [1.807, 2.05) is 0 Å². The lowest BCUT2D eigenvalue weighted by Crippen LogP contribution is -2.22. The first-order chi connectivity index (χ1) is 7.16. The lowest BCUT2D eigenvalue weighted by molar-refractivity contribution is 0.791. The zero-order chi connectivity index (χ0) is 10.8. The largest absolute Gasteiger partial charge is 0.380 e. The molecule has 0 bridgehead atoms. The minimum Gasteiger partial charge on any atom is -0.380 e. The highest BCUT2D eigenvalue weighted by Gasteiger charge is 2.16. The summed E-state index contributed by atoms with van der Waals surface area (Å²) in [6.07, 6.45) is 1.21. The van der Waals surface area contributed by atoms with Crippen molar-refractivity contribution in [3.05, 3.63) is 27.7 Å². The molecule has 0 aliphatic carbocycles. The van der Waals surface area contributed by atoms with E-state index < -0.39 is 0 Å². The molecule has 1 saturated heterocycles. The summed E-state index contributed by atoms with van der Waals surface area (Å²) >= 11 is 3.62. The van der Waals surface area contributed by atoms with E-state index in [-0.39, 0.29) is 0 Å². The van der Waals surface area contributed by atoms with Crippen molar-refractivity contribution in [3.8, 4) is 0 Å². The second-order valence-electron chi connectivity index (χ2n) is 4.27. The number of hydrogen-bond acceptors (Lipinski definition) is 2. The molecule has 2 rings (SSSR count). The van der Waals surface area contributed by atoms with E-state index in [0.717, 1.165) is 13.1 Å². The summed E-state index contributed by atoms with van der Waals surface area (Å²) < 4.78 is 1.17. The first-order valence-corrected chi connectivity index (χ1v) is 6.20. The predicted molar refractivity (Wildman–Crippen MR) is 68.5 cm³/mol. The minimum atomic E-state index is 0.572. The predicted octanol–water partition coefficient (Wildman–Crippen LogP) is 2.84. The molecule has 0 saturated carbocycles. The molecular formula is C12H17BrN2. The van der Waals surface area contributed by atoms with E-state index >= 15 is 0 Å². The van der Waals surface area contributed by atoms with Crippen LogP contribution in [-0.2, 0) is 0 Å². The summed E-state index contributed by atoms with van der Waals surface area (Å²) in [7, 11) is 0. The summed E-state index contributed by atoms with van der Waals surface area (Å²) in [5, 5.41) is 6.96. The maximum atomic E-state index is 3.62. The van der Waals surface area contributed by atoms with Crippen LogP contribution in [0.3, 0.4) is 0 Å². The molecule has 1 aliphatic rings. The van der Waals surface area contributed by atoms with Crippen LogP contribution in [0.2, 0.25) is 0 Å². The van der Waals surface area contributed by atoms with Crippen LogP contribution in [-0.4, -0.2) is 19.1 Å². The van der Waals surface area contributed by atoms with Gasteiger partial charge in [-0.15, -0.1) is 0 Å². The highest BCUT2D eigenvalue weighted by Crippen LogP contribution is 2.28. The Morgan fingerprint density at radius 2 is 2.20 bits per heavy atom. The van der Waals surface area contributed by atoms with Gasteiger partial charge in [-0.2, -0.15) is 0 Å². The van der Waals surface area contributed by atoms with Gasteiger partial charge in [0.25, 0.3) is 0 Å². The molecule has 1 unspecified atom stereocenters. The third-order valence-corrected chi connectivity index (χ3v) is 3.47. The zero-order valence-corrected chi connectivity index (χ0v) is 10.8. The van der Waals surface area contributed by atoms with Crippen LogP contribution in [0, 0.1) is 13.8 Å². The molecule has 82 valence electrons. The monoisotopic (exact) mass is 268 g/mol. The fraction of sp³-hybridized carbons (Fsp3) is 0.500. The molecule has 2 nitrogen and oxygen atoms in total. The Kier molecular flexibility index (Phi) is 3.32. The second-order valence-corrected chi connectivity index (χ2v) is 5.13. The normalized spacial score (nSPS) is 20.6. The van der Waals surface area contributed by atoms with Crippen LogP contribution in [0.1, 0.15) is 17.5 Å². The Labute approximate surface area is 99.6 Å².